The number of carbonyl (C=O) groups is 1. The van der Waals surface area contributed by atoms with Crippen molar-refractivity contribution in [3.63, 3.8) is 0 Å². The van der Waals surface area contributed by atoms with E-state index in [1.54, 1.807) is 18.2 Å². The molecule has 7 nitrogen and oxygen atoms in total. The SMILES string of the molecule is O=C(Oc1ccccc1)c1cccc(OS(=O)(=O)O)c1O. The molecule has 0 atom stereocenters. The van der Waals surface area contributed by atoms with Crippen molar-refractivity contribution in [2.24, 2.45) is 0 Å². The average Bonchev–Trinajstić information content (AvgIpc) is 2.40. The summed E-state index contributed by atoms with van der Waals surface area (Å²) < 4.78 is 39.0. The van der Waals surface area contributed by atoms with Gasteiger partial charge in [-0.15, -0.1) is 0 Å². The summed E-state index contributed by atoms with van der Waals surface area (Å²) in [5.74, 6) is -1.99. The van der Waals surface area contributed by atoms with Crippen LogP contribution < -0.4 is 8.92 Å². The Kier molecular flexibility index (Phi) is 4.10. The van der Waals surface area contributed by atoms with E-state index in [-0.39, 0.29) is 11.3 Å². The standard InChI is InChI=1S/C13H10O7S/c14-12-10(7-4-8-11(12)20-21(16,17)18)13(15)19-9-5-2-1-3-6-9/h1-8,14H,(H,16,17,18). The molecule has 0 aliphatic carbocycles. The third-order valence-electron chi connectivity index (χ3n) is 2.37. The zero-order valence-electron chi connectivity index (χ0n) is 10.5. The van der Waals surface area contributed by atoms with E-state index in [2.05, 4.69) is 4.18 Å². The summed E-state index contributed by atoms with van der Waals surface area (Å²) in [6, 6.07) is 11.7. The lowest BCUT2D eigenvalue weighted by molar-refractivity contribution is 0.0731. The fourth-order valence-electron chi connectivity index (χ4n) is 1.52. The number of phenolic OH excluding ortho intramolecular Hbond substituents is 1. The van der Waals surface area contributed by atoms with Crippen LogP contribution in [0.5, 0.6) is 17.2 Å². The van der Waals surface area contributed by atoms with Gasteiger partial charge < -0.3 is 14.0 Å². The Morgan fingerprint density at radius 2 is 1.67 bits per heavy atom. The van der Waals surface area contributed by atoms with Crippen molar-refractivity contribution in [1.82, 2.24) is 0 Å². The second-order valence-corrected chi connectivity index (χ2v) is 4.89. The molecule has 0 unspecified atom stereocenters. The Balaban J connectivity index is 2.28. The van der Waals surface area contributed by atoms with Crippen molar-refractivity contribution in [2.75, 3.05) is 0 Å². The highest BCUT2D eigenvalue weighted by atomic mass is 32.3. The van der Waals surface area contributed by atoms with E-state index in [9.17, 15) is 18.3 Å². The van der Waals surface area contributed by atoms with Crippen molar-refractivity contribution in [1.29, 1.82) is 0 Å². The molecule has 0 radical (unpaired) electrons. The summed E-state index contributed by atoms with van der Waals surface area (Å²) >= 11 is 0. The van der Waals surface area contributed by atoms with Crippen molar-refractivity contribution in [2.45, 2.75) is 0 Å². The molecule has 0 amide bonds. The first-order chi connectivity index (χ1) is 9.87. The topological polar surface area (TPSA) is 110 Å². The highest BCUT2D eigenvalue weighted by Gasteiger charge is 2.20. The van der Waals surface area contributed by atoms with Crippen LogP contribution in [0, 0.1) is 0 Å². The maximum Gasteiger partial charge on any atom is 0.446 e. The van der Waals surface area contributed by atoms with Gasteiger partial charge in [-0.05, 0) is 24.3 Å². The van der Waals surface area contributed by atoms with Gasteiger partial charge in [-0.2, -0.15) is 8.42 Å². The normalized spacial score (nSPS) is 10.9. The Morgan fingerprint density at radius 3 is 2.29 bits per heavy atom. The van der Waals surface area contributed by atoms with E-state index < -0.39 is 27.9 Å². The fourth-order valence-corrected chi connectivity index (χ4v) is 1.88. The largest absolute Gasteiger partial charge is 0.504 e. The van der Waals surface area contributed by atoms with Crippen LogP contribution >= 0.6 is 0 Å². The molecule has 8 heteroatoms. The zero-order valence-corrected chi connectivity index (χ0v) is 11.3. The summed E-state index contributed by atoms with van der Waals surface area (Å²) in [4.78, 5) is 11.9. The quantitative estimate of drug-likeness (QED) is 0.503. The summed E-state index contributed by atoms with van der Waals surface area (Å²) in [5, 5.41) is 9.80. The molecule has 0 spiro atoms. The molecule has 0 saturated heterocycles. The van der Waals surface area contributed by atoms with E-state index in [4.69, 9.17) is 9.29 Å². The number of ether oxygens (including phenoxy) is 1. The highest BCUT2D eigenvalue weighted by molar-refractivity contribution is 7.81. The Hall–Kier alpha value is -2.58. The van der Waals surface area contributed by atoms with Crippen molar-refractivity contribution in [3.05, 3.63) is 54.1 Å². The van der Waals surface area contributed by atoms with Gasteiger partial charge in [0.15, 0.2) is 11.5 Å². The maximum atomic E-state index is 11.9. The monoisotopic (exact) mass is 310 g/mol. The Labute approximate surface area is 120 Å². The number of phenols is 1. The summed E-state index contributed by atoms with van der Waals surface area (Å²) in [6.45, 7) is 0. The van der Waals surface area contributed by atoms with Crippen molar-refractivity contribution < 1.29 is 31.8 Å². The Bertz CT molecular complexity index is 753. The second-order valence-electron chi connectivity index (χ2n) is 3.87. The molecule has 2 rings (SSSR count). The van der Waals surface area contributed by atoms with Gasteiger partial charge in [-0.3, -0.25) is 4.55 Å². The summed E-state index contributed by atoms with van der Waals surface area (Å²) in [7, 11) is -4.81. The van der Waals surface area contributed by atoms with Crippen LogP contribution in [0.1, 0.15) is 10.4 Å². The number of aromatic hydroxyl groups is 1. The molecule has 0 aliphatic rings. The van der Waals surface area contributed by atoms with Gasteiger partial charge in [0.1, 0.15) is 11.3 Å². The molecule has 0 aromatic heterocycles. The molecule has 110 valence electrons. The average molecular weight is 310 g/mol. The number of hydrogen-bond acceptors (Lipinski definition) is 6. The molecule has 0 aliphatic heterocycles. The van der Waals surface area contributed by atoms with Gasteiger partial charge >= 0.3 is 16.4 Å². The first kappa shape index (κ1) is 14.8. The lowest BCUT2D eigenvalue weighted by Gasteiger charge is -2.08. The predicted octanol–water partition coefficient (Wildman–Crippen LogP) is 1.79. The molecular formula is C13H10O7S. The number of carbonyl (C=O) groups excluding carboxylic acids is 1. The lowest BCUT2D eigenvalue weighted by atomic mass is 10.2. The predicted molar refractivity (Wildman–Crippen MR) is 71.7 cm³/mol. The maximum absolute atomic E-state index is 11.9. The van der Waals surface area contributed by atoms with E-state index in [0.29, 0.717) is 0 Å². The van der Waals surface area contributed by atoms with E-state index in [1.165, 1.54) is 24.3 Å². The number of para-hydroxylation sites is 2. The molecular weight excluding hydrogens is 300 g/mol. The smallest absolute Gasteiger partial charge is 0.446 e. The van der Waals surface area contributed by atoms with Crippen LogP contribution in [-0.4, -0.2) is 24.0 Å². The van der Waals surface area contributed by atoms with Crippen molar-refractivity contribution in [3.8, 4) is 17.2 Å². The molecule has 0 saturated carbocycles. The Morgan fingerprint density at radius 1 is 1.00 bits per heavy atom. The van der Waals surface area contributed by atoms with Crippen LogP contribution in [-0.2, 0) is 10.4 Å². The van der Waals surface area contributed by atoms with E-state index in [1.807, 2.05) is 0 Å². The van der Waals surface area contributed by atoms with Gasteiger partial charge in [0.05, 0.1) is 0 Å². The van der Waals surface area contributed by atoms with Gasteiger partial charge in [0.2, 0.25) is 0 Å². The van der Waals surface area contributed by atoms with Crippen LogP contribution in [0.4, 0.5) is 0 Å². The lowest BCUT2D eigenvalue weighted by Crippen LogP contribution is -2.11. The summed E-state index contributed by atoms with van der Waals surface area (Å²) in [5.41, 5.74) is -0.306. The first-order valence-corrected chi connectivity index (χ1v) is 6.99. The van der Waals surface area contributed by atoms with E-state index in [0.717, 1.165) is 6.07 Å². The zero-order chi connectivity index (χ0) is 15.5. The van der Waals surface area contributed by atoms with Crippen LogP contribution in [0.3, 0.4) is 0 Å². The van der Waals surface area contributed by atoms with E-state index >= 15 is 0 Å². The highest BCUT2D eigenvalue weighted by Crippen LogP contribution is 2.31. The second kappa shape index (κ2) is 5.81. The number of benzene rings is 2. The fraction of sp³-hybridized carbons (Fsp3) is 0. The van der Waals surface area contributed by atoms with Crippen LogP contribution in [0.25, 0.3) is 0 Å². The third kappa shape index (κ3) is 3.94. The minimum absolute atomic E-state index is 0.253. The minimum atomic E-state index is -4.81. The van der Waals surface area contributed by atoms with Crippen LogP contribution in [0.2, 0.25) is 0 Å². The van der Waals surface area contributed by atoms with Crippen molar-refractivity contribution >= 4 is 16.4 Å². The molecule has 2 N–H and O–H groups in total. The van der Waals surface area contributed by atoms with Crippen LogP contribution in [0.15, 0.2) is 48.5 Å². The number of rotatable bonds is 4. The number of esters is 1. The van der Waals surface area contributed by atoms with Gasteiger partial charge in [-0.25, -0.2) is 4.79 Å². The van der Waals surface area contributed by atoms with Gasteiger partial charge in [-0.1, -0.05) is 24.3 Å². The molecule has 21 heavy (non-hydrogen) atoms. The molecule has 0 heterocycles. The molecule has 2 aromatic rings. The molecule has 0 bridgehead atoms. The first-order valence-electron chi connectivity index (χ1n) is 5.63. The van der Waals surface area contributed by atoms with Gasteiger partial charge in [0.25, 0.3) is 0 Å². The third-order valence-corrected chi connectivity index (χ3v) is 2.76. The molecule has 2 aromatic carbocycles. The van der Waals surface area contributed by atoms with Gasteiger partial charge in [0, 0.05) is 0 Å². The molecule has 0 fully saturated rings. The minimum Gasteiger partial charge on any atom is -0.504 e. The summed E-state index contributed by atoms with van der Waals surface area (Å²) in [6.07, 6.45) is 0. The number of hydrogen-bond donors (Lipinski definition) is 2.